The second-order valence-electron chi connectivity index (χ2n) is 5.30. The summed E-state index contributed by atoms with van der Waals surface area (Å²) in [5, 5.41) is 9.90. The summed E-state index contributed by atoms with van der Waals surface area (Å²) in [4.78, 5) is 0. The van der Waals surface area contributed by atoms with Gasteiger partial charge in [-0.2, -0.15) is 0 Å². The number of hydrogen-bond donors (Lipinski definition) is 1. The fourth-order valence-electron chi connectivity index (χ4n) is 2.31. The van der Waals surface area contributed by atoms with Crippen LogP contribution in [0.25, 0.3) is 0 Å². The van der Waals surface area contributed by atoms with Crippen molar-refractivity contribution in [2.75, 3.05) is 0 Å². The first-order chi connectivity index (χ1) is 6.01. The first-order valence-electron chi connectivity index (χ1n) is 5.69. The highest BCUT2D eigenvalue weighted by Gasteiger charge is 2.53. The Balaban J connectivity index is 2.34. The molecule has 1 N–H and O–H groups in total. The summed E-state index contributed by atoms with van der Waals surface area (Å²) in [5.41, 5.74) is 0.472. The number of hydrogen-bond acceptors (Lipinski definition) is 1. The minimum atomic E-state index is -0.0677. The molecule has 0 unspecified atom stereocenters. The third-order valence-electron chi connectivity index (χ3n) is 3.62. The highest BCUT2D eigenvalue weighted by atomic mass is 16.3. The van der Waals surface area contributed by atoms with Crippen molar-refractivity contribution in [3.8, 4) is 0 Å². The molecule has 0 aromatic carbocycles. The Morgan fingerprint density at radius 2 is 2.08 bits per heavy atom. The molecule has 0 amide bonds. The minimum Gasteiger partial charge on any atom is -0.393 e. The molecular weight excluding hydrogens is 160 g/mol. The van der Waals surface area contributed by atoms with Crippen LogP contribution in [-0.4, -0.2) is 11.2 Å². The molecular formula is C12H24O. The predicted molar refractivity (Wildman–Crippen MR) is 56.6 cm³/mol. The summed E-state index contributed by atoms with van der Waals surface area (Å²) in [6, 6.07) is 0. The zero-order valence-corrected chi connectivity index (χ0v) is 9.51. The number of rotatable bonds is 5. The molecule has 1 saturated carbocycles. The standard InChI is InChI=1S/C12H24O/c1-5-6-7-12(4)8-10(12)11(13)9(2)3/h9-11,13H,5-8H2,1-4H3/t10-,11-,12+/m1/s1. The molecule has 1 nitrogen and oxygen atoms in total. The van der Waals surface area contributed by atoms with Gasteiger partial charge in [0.2, 0.25) is 0 Å². The van der Waals surface area contributed by atoms with Crippen LogP contribution in [0, 0.1) is 17.3 Å². The van der Waals surface area contributed by atoms with Crippen LogP contribution in [0.1, 0.15) is 53.4 Å². The van der Waals surface area contributed by atoms with Crippen molar-refractivity contribution >= 4 is 0 Å². The van der Waals surface area contributed by atoms with E-state index in [1.807, 2.05) is 0 Å². The molecule has 0 saturated heterocycles. The van der Waals surface area contributed by atoms with E-state index in [9.17, 15) is 5.11 Å². The van der Waals surface area contributed by atoms with E-state index in [4.69, 9.17) is 0 Å². The Kier molecular flexibility index (Phi) is 3.39. The summed E-state index contributed by atoms with van der Waals surface area (Å²) in [6.07, 6.45) is 5.07. The molecule has 0 aromatic rings. The van der Waals surface area contributed by atoms with Gasteiger partial charge in [0.15, 0.2) is 0 Å². The average Bonchev–Trinajstić information content (AvgIpc) is 2.74. The molecule has 0 radical (unpaired) electrons. The maximum absolute atomic E-state index is 9.90. The molecule has 0 bridgehead atoms. The summed E-state index contributed by atoms with van der Waals surface area (Å²) in [6.45, 7) is 8.80. The van der Waals surface area contributed by atoms with E-state index in [-0.39, 0.29) is 6.10 Å². The number of unbranched alkanes of at least 4 members (excludes halogenated alkanes) is 1. The first kappa shape index (κ1) is 11.0. The maximum atomic E-state index is 9.90. The Bertz CT molecular complexity index is 165. The minimum absolute atomic E-state index is 0.0677. The second kappa shape index (κ2) is 4.00. The van der Waals surface area contributed by atoms with Crippen molar-refractivity contribution in [1.82, 2.24) is 0 Å². The van der Waals surface area contributed by atoms with E-state index < -0.39 is 0 Å². The van der Waals surface area contributed by atoms with Gasteiger partial charge in [0.05, 0.1) is 6.10 Å². The van der Waals surface area contributed by atoms with Crippen LogP contribution in [0.2, 0.25) is 0 Å². The van der Waals surface area contributed by atoms with Gasteiger partial charge in [0, 0.05) is 0 Å². The molecule has 1 heteroatoms. The maximum Gasteiger partial charge on any atom is 0.0596 e. The number of aliphatic hydroxyl groups excluding tert-OH is 1. The van der Waals surface area contributed by atoms with E-state index in [0.717, 1.165) is 0 Å². The summed E-state index contributed by atoms with van der Waals surface area (Å²) in [5.74, 6) is 1.01. The summed E-state index contributed by atoms with van der Waals surface area (Å²) < 4.78 is 0. The van der Waals surface area contributed by atoms with Crippen LogP contribution < -0.4 is 0 Å². The van der Waals surface area contributed by atoms with E-state index in [1.165, 1.54) is 25.7 Å². The van der Waals surface area contributed by atoms with Gasteiger partial charge in [-0.25, -0.2) is 0 Å². The smallest absolute Gasteiger partial charge is 0.0596 e. The third-order valence-corrected chi connectivity index (χ3v) is 3.62. The molecule has 1 fully saturated rings. The normalized spacial score (nSPS) is 35.1. The molecule has 13 heavy (non-hydrogen) atoms. The average molecular weight is 184 g/mol. The van der Waals surface area contributed by atoms with Gasteiger partial charge in [-0.05, 0) is 30.1 Å². The Hall–Kier alpha value is -0.0400. The molecule has 1 rings (SSSR count). The van der Waals surface area contributed by atoms with Crippen molar-refractivity contribution in [2.24, 2.45) is 17.3 Å². The van der Waals surface area contributed by atoms with Crippen LogP contribution in [-0.2, 0) is 0 Å². The zero-order chi connectivity index (χ0) is 10.1. The lowest BCUT2D eigenvalue weighted by Crippen LogP contribution is -2.20. The summed E-state index contributed by atoms with van der Waals surface area (Å²) in [7, 11) is 0. The molecule has 1 aliphatic carbocycles. The predicted octanol–water partition coefficient (Wildman–Crippen LogP) is 3.22. The Labute approximate surface area is 82.5 Å². The SMILES string of the molecule is CCCC[C@@]1(C)C[C@@H]1[C@H](O)C(C)C. The Morgan fingerprint density at radius 3 is 2.54 bits per heavy atom. The fraction of sp³-hybridized carbons (Fsp3) is 1.00. The van der Waals surface area contributed by atoms with Crippen molar-refractivity contribution < 1.29 is 5.11 Å². The molecule has 1 aliphatic rings. The second-order valence-corrected chi connectivity index (χ2v) is 5.30. The van der Waals surface area contributed by atoms with Gasteiger partial charge in [0.25, 0.3) is 0 Å². The van der Waals surface area contributed by atoms with Crippen molar-refractivity contribution in [3.05, 3.63) is 0 Å². The zero-order valence-electron chi connectivity index (χ0n) is 9.51. The van der Waals surface area contributed by atoms with Crippen molar-refractivity contribution in [3.63, 3.8) is 0 Å². The van der Waals surface area contributed by atoms with Gasteiger partial charge < -0.3 is 5.11 Å². The van der Waals surface area contributed by atoms with E-state index in [2.05, 4.69) is 27.7 Å². The highest BCUT2D eigenvalue weighted by Crippen LogP contribution is 2.58. The van der Waals surface area contributed by atoms with Crippen LogP contribution in [0.15, 0.2) is 0 Å². The van der Waals surface area contributed by atoms with Crippen LogP contribution in [0.3, 0.4) is 0 Å². The van der Waals surface area contributed by atoms with E-state index >= 15 is 0 Å². The fourth-order valence-corrected chi connectivity index (χ4v) is 2.31. The lowest BCUT2D eigenvalue weighted by molar-refractivity contribution is 0.0872. The number of aliphatic hydroxyl groups is 1. The molecule has 0 spiro atoms. The molecule has 0 aromatic heterocycles. The highest BCUT2D eigenvalue weighted by molar-refractivity contribution is 5.02. The quantitative estimate of drug-likeness (QED) is 0.695. The first-order valence-corrected chi connectivity index (χ1v) is 5.69. The van der Waals surface area contributed by atoms with Crippen LogP contribution in [0.4, 0.5) is 0 Å². The lowest BCUT2D eigenvalue weighted by atomic mass is 9.92. The van der Waals surface area contributed by atoms with Crippen molar-refractivity contribution in [2.45, 2.75) is 59.5 Å². The molecule has 0 heterocycles. The molecule has 78 valence electrons. The molecule has 0 aliphatic heterocycles. The van der Waals surface area contributed by atoms with Crippen LogP contribution >= 0.6 is 0 Å². The monoisotopic (exact) mass is 184 g/mol. The van der Waals surface area contributed by atoms with E-state index in [1.54, 1.807) is 0 Å². The third kappa shape index (κ3) is 2.46. The van der Waals surface area contributed by atoms with Crippen LogP contribution in [0.5, 0.6) is 0 Å². The summed E-state index contributed by atoms with van der Waals surface area (Å²) >= 11 is 0. The van der Waals surface area contributed by atoms with Gasteiger partial charge in [-0.3, -0.25) is 0 Å². The van der Waals surface area contributed by atoms with Gasteiger partial charge in [0.1, 0.15) is 0 Å². The van der Waals surface area contributed by atoms with E-state index in [0.29, 0.717) is 17.3 Å². The molecule has 3 atom stereocenters. The topological polar surface area (TPSA) is 20.2 Å². The largest absolute Gasteiger partial charge is 0.393 e. The van der Waals surface area contributed by atoms with Crippen molar-refractivity contribution in [1.29, 1.82) is 0 Å². The Morgan fingerprint density at radius 1 is 1.46 bits per heavy atom. The van der Waals surface area contributed by atoms with Gasteiger partial charge >= 0.3 is 0 Å². The van der Waals surface area contributed by atoms with Gasteiger partial charge in [-0.15, -0.1) is 0 Å². The van der Waals surface area contributed by atoms with Gasteiger partial charge in [-0.1, -0.05) is 40.5 Å². The lowest BCUT2D eigenvalue weighted by Gasteiger charge is -2.18.